The number of aliphatic hydroxyl groups is 1. The van der Waals surface area contributed by atoms with Gasteiger partial charge in [-0.2, -0.15) is 0 Å². The van der Waals surface area contributed by atoms with Crippen LogP contribution in [-0.2, 0) is 11.3 Å². The first-order valence-corrected chi connectivity index (χ1v) is 9.52. The second-order valence-electron chi connectivity index (χ2n) is 7.02. The van der Waals surface area contributed by atoms with Crippen LogP contribution in [0.2, 0.25) is 0 Å². The Morgan fingerprint density at radius 2 is 1.64 bits per heavy atom. The molecule has 28 heavy (non-hydrogen) atoms. The van der Waals surface area contributed by atoms with E-state index >= 15 is 0 Å². The van der Waals surface area contributed by atoms with Gasteiger partial charge in [0.2, 0.25) is 0 Å². The van der Waals surface area contributed by atoms with Crippen molar-refractivity contribution in [2.24, 2.45) is 0 Å². The van der Waals surface area contributed by atoms with E-state index in [-0.39, 0.29) is 12.7 Å². The van der Waals surface area contributed by atoms with E-state index in [0.717, 1.165) is 22.2 Å². The van der Waals surface area contributed by atoms with Crippen LogP contribution in [0.3, 0.4) is 0 Å². The lowest BCUT2D eigenvalue weighted by Gasteiger charge is -2.22. The SMILES string of the molecule is Cc1ccccc1[C@@H](OC[C@@H](O)Cn1cnc2ccccc21)c1ccccc1. The van der Waals surface area contributed by atoms with Gasteiger partial charge in [0, 0.05) is 0 Å². The molecule has 142 valence electrons. The van der Waals surface area contributed by atoms with Crippen molar-refractivity contribution in [3.8, 4) is 0 Å². The van der Waals surface area contributed by atoms with Crippen LogP contribution in [-0.4, -0.2) is 27.4 Å². The van der Waals surface area contributed by atoms with E-state index in [0.29, 0.717) is 6.54 Å². The minimum Gasteiger partial charge on any atom is -0.389 e. The summed E-state index contributed by atoms with van der Waals surface area (Å²) in [4.78, 5) is 4.38. The molecule has 1 N–H and O–H groups in total. The first kappa shape index (κ1) is 18.4. The van der Waals surface area contributed by atoms with Gasteiger partial charge >= 0.3 is 0 Å². The number of aliphatic hydroxyl groups excluding tert-OH is 1. The number of benzene rings is 3. The van der Waals surface area contributed by atoms with Crippen molar-refractivity contribution in [3.05, 3.63) is 102 Å². The summed E-state index contributed by atoms with van der Waals surface area (Å²) in [6.07, 6.45) is 0.925. The Balaban J connectivity index is 1.50. The Morgan fingerprint density at radius 3 is 2.46 bits per heavy atom. The number of hydrogen-bond acceptors (Lipinski definition) is 3. The number of para-hydroxylation sites is 2. The lowest BCUT2D eigenvalue weighted by Crippen LogP contribution is -2.23. The van der Waals surface area contributed by atoms with Gasteiger partial charge in [0.05, 0.1) is 36.6 Å². The third-order valence-electron chi connectivity index (χ3n) is 4.96. The molecule has 0 unspecified atom stereocenters. The van der Waals surface area contributed by atoms with E-state index in [1.165, 1.54) is 5.56 Å². The van der Waals surface area contributed by atoms with E-state index in [1.807, 2.05) is 59.2 Å². The summed E-state index contributed by atoms with van der Waals surface area (Å²) in [7, 11) is 0. The Labute approximate surface area is 165 Å². The van der Waals surface area contributed by atoms with Crippen LogP contribution in [0.5, 0.6) is 0 Å². The first-order valence-electron chi connectivity index (χ1n) is 9.52. The number of rotatable bonds is 7. The highest BCUT2D eigenvalue weighted by atomic mass is 16.5. The van der Waals surface area contributed by atoms with Crippen molar-refractivity contribution < 1.29 is 9.84 Å². The monoisotopic (exact) mass is 372 g/mol. The molecule has 0 fully saturated rings. The van der Waals surface area contributed by atoms with Gasteiger partial charge in [0.1, 0.15) is 6.10 Å². The second-order valence-corrected chi connectivity index (χ2v) is 7.02. The smallest absolute Gasteiger partial charge is 0.108 e. The molecular weight excluding hydrogens is 348 g/mol. The molecule has 0 aliphatic carbocycles. The highest BCUT2D eigenvalue weighted by Gasteiger charge is 2.18. The zero-order valence-corrected chi connectivity index (χ0v) is 15.9. The molecule has 2 atom stereocenters. The quantitative estimate of drug-likeness (QED) is 0.519. The average Bonchev–Trinajstić information content (AvgIpc) is 3.13. The lowest BCUT2D eigenvalue weighted by molar-refractivity contribution is -0.000360. The molecule has 1 heterocycles. The van der Waals surface area contributed by atoms with Crippen LogP contribution < -0.4 is 0 Å². The molecule has 0 saturated carbocycles. The van der Waals surface area contributed by atoms with Gasteiger partial charge in [-0.05, 0) is 35.7 Å². The molecule has 3 aromatic carbocycles. The number of nitrogens with zero attached hydrogens (tertiary/aromatic N) is 2. The van der Waals surface area contributed by atoms with Crippen LogP contribution >= 0.6 is 0 Å². The second kappa shape index (κ2) is 8.38. The van der Waals surface area contributed by atoms with E-state index < -0.39 is 6.10 Å². The Bertz CT molecular complexity index is 1040. The van der Waals surface area contributed by atoms with E-state index in [4.69, 9.17) is 4.74 Å². The van der Waals surface area contributed by atoms with Gasteiger partial charge in [0.15, 0.2) is 0 Å². The standard InChI is InChI=1S/C24H24N2O2/c1-18-9-5-6-12-21(18)24(19-10-3-2-4-11-19)28-16-20(27)15-26-17-25-22-13-7-8-14-23(22)26/h2-14,17,20,24,27H,15-16H2,1H3/t20-,24-/m0/s1. The molecule has 0 spiro atoms. The number of hydrogen-bond donors (Lipinski definition) is 1. The topological polar surface area (TPSA) is 47.3 Å². The summed E-state index contributed by atoms with van der Waals surface area (Å²) in [6.45, 7) is 2.76. The van der Waals surface area contributed by atoms with Gasteiger partial charge < -0.3 is 14.4 Å². The molecule has 0 bridgehead atoms. The summed E-state index contributed by atoms with van der Waals surface area (Å²) in [5, 5.41) is 10.6. The minimum atomic E-state index is -0.632. The minimum absolute atomic E-state index is 0.211. The summed E-state index contributed by atoms with van der Waals surface area (Å²) in [6, 6.07) is 26.3. The number of aromatic nitrogens is 2. The maximum Gasteiger partial charge on any atom is 0.108 e. The summed E-state index contributed by atoms with van der Waals surface area (Å²) < 4.78 is 8.20. The number of fused-ring (bicyclic) bond motifs is 1. The maximum atomic E-state index is 10.6. The maximum absolute atomic E-state index is 10.6. The predicted octanol–water partition coefficient (Wildman–Crippen LogP) is 4.51. The first-order chi connectivity index (χ1) is 13.7. The molecule has 0 aliphatic heterocycles. The van der Waals surface area contributed by atoms with Gasteiger partial charge in [-0.1, -0.05) is 66.7 Å². The van der Waals surface area contributed by atoms with E-state index in [2.05, 4.69) is 36.2 Å². The zero-order valence-electron chi connectivity index (χ0n) is 15.9. The average molecular weight is 372 g/mol. The van der Waals surface area contributed by atoms with Crippen molar-refractivity contribution >= 4 is 11.0 Å². The summed E-state index contributed by atoms with van der Waals surface area (Å²) >= 11 is 0. The number of imidazole rings is 1. The zero-order chi connectivity index (χ0) is 19.3. The van der Waals surface area contributed by atoms with Gasteiger partial charge in [-0.15, -0.1) is 0 Å². The lowest BCUT2D eigenvalue weighted by atomic mass is 9.97. The third kappa shape index (κ3) is 3.98. The Hall–Kier alpha value is -2.95. The largest absolute Gasteiger partial charge is 0.389 e. The van der Waals surface area contributed by atoms with Gasteiger partial charge in [-0.3, -0.25) is 0 Å². The molecule has 0 radical (unpaired) electrons. The molecule has 4 aromatic rings. The van der Waals surface area contributed by atoms with Crippen molar-refractivity contribution in [2.45, 2.75) is 25.7 Å². The van der Waals surface area contributed by atoms with Gasteiger partial charge in [-0.25, -0.2) is 4.98 Å². The predicted molar refractivity (Wildman–Crippen MR) is 111 cm³/mol. The number of aryl methyl sites for hydroxylation is 1. The van der Waals surface area contributed by atoms with E-state index in [1.54, 1.807) is 6.33 Å². The fraction of sp³-hybridized carbons (Fsp3) is 0.208. The number of ether oxygens (including phenoxy) is 1. The Morgan fingerprint density at radius 1 is 0.929 bits per heavy atom. The molecule has 0 saturated heterocycles. The molecule has 4 nitrogen and oxygen atoms in total. The molecular formula is C24H24N2O2. The highest BCUT2D eigenvalue weighted by Crippen LogP contribution is 2.28. The molecule has 4 heteroatoms. The van der Waals surface area contributed by atoms with Crippen molar-refractivity contribution in [1.29, 1.82) is 0 Å². The van der Waals surface area contributed by atoms with Crippen LogP contribution in [0.25, 0.3) is 11.0 Å². The van der Waals surface area contributed by atoms with Crippen molar-refractivity contribution in [2.75, 3.05) is 6.61 Å². The summed E-state index contributed by atoms with van der Waals surface area (Å²) in [5.74, 6) is 0. The van der Waals surface area contributed by atoms with E-state index in [9.17, 15) is 5.11 Å². The molecule has 4 rings (SSSR count). The third-order valence-corrected chi connectivity index (χ3v) is 4.96. The van der Waals surface area contributed by atoms with Crippen molar-refractivity contribution in [3.63, 3.8) is 0 Å². The normalized spacial score (nSPS) is 13.5. The Kier molecular flexibility index (Phi) is 5.51. The van der Waals surface area contributed by atoms with Crippen molar-refractivity contribution in [1.82, 2.24) is 9.55 Å². The van der Waals surface area contributed by atoms with Crippen LogP contribution in [0, 0.1) is 6.92 Å². The fourth-order valence-electron chi connectivity index (χ4n) is 3.52. The van der Waals surface area contributed by atoms with Crippen LogP contribution in [0.15, 0.2) is 85.2 Å². The summed E-state index contributed by atoms with van der Waals surface area (Å²) in [5.41, 5.74) is 5.32. The fourth-order valence-corrected chi connectivity index (χ4v) is 3.52. The molecule has 1 aromatic heterocycles. The highest BCUT2D eigenvalue weighted by molar-refractivity contribution is 5.74. The molecule has 0 aliphatic rings. The van der Waals surface area contributed by atoms with Gasteiger partial charge in [0.25, 0.3) is 0 Å². The van der Waals surface area contributed by atoms with Crippen LogP contribution in [0.1, 0.15) is 22.8 Å². The van der Waals surface area contributed by atoms with Crippen LogP contribution in [0.4, 0.5) is 0 Å². The molecule has 0 amide bonds.